The summed E-state index contributed by atoms with van der Waals surface area (Å²) in [5.74, 6) is 0.0370. The monoisotopic (exact) mass is 414 g/mol. The summed E-state index contributed by atoms with van der Waals surface area (Å²) in [6.45, 7) is 2.48. The zero-order valence-electron chi connectivity index (χ0n) is 15.8. The molecule has 2 aliphatic heterocycles. The van der Waals surface area contributed by atoms with Gasteiger partial charge in [-0.2, -0.15) is 0 Å². The molecule has 1 amide bonds. The van der Waals surface area contributed by atoms with E-state index in [-0.39, 0.29) is 18.2 Å². The number of rotatable bonds is 4. The lowest BCUT2D eigenvalue weighted by Gasteiger charge is -2.35. The number of fused-ring (bicyclic) bond motifs is 1. The number of halogens is 1. The van der Waals surface area contributed by atoms with E-state index in [2.05, 4.69) is 17.0 Å². The van der Waals surface area contributed by atoms with Crippen LogP contribution in [0, 0.1) is 0 Å². The second kappa shape index (κ2) is 8.78. The molecule has 2 aromatic rings. The van der Waals surface area contributed by atoms with Crippen molar-refractivity contribution in [3.8, 4) is 5.75 Å². The van der Waals surface area contributed by atoms with E-state index in [9.17, 15) is 9.59 Å². The van der Waals surface area contributed by atoms with E-state index in [0.29, 0.717) is 23.3 Å². The lowest BCUT2D eigenvalue weighted by Crippen LogP contribution is -2.44. The van der Waals surface area contributed by atoms with Gasteiger partial charge in [0.15, 0.2) is 5.78 Å². The van der Waals surface area contributed by atoms with E-state index in [1.165, 1.54) is 17.1 Å². The Morgan fingerprint density at radius 3 is 2.79 bits per heavy atom. The number of carbonyl (C=O) groups excluding carboxylic acids is 2. The molecule has 0 radical (unpaired) electrons. The molecule has 4 rings (SSSR count). The Kier molecular flexibility index (Phi) is 6.37. The first kappa shape index (κ1) is 21.0. The molecule has 2 aliphatic rings. The third-order valence-corrected chi connectivity index (χ3v) is 5.29. The van der Waals surface area contributed by atoms with Gasteiger partial charge in [-0.3, -0.25) is 19.7 Å². The molecule has 0 saturated carbocycles. The van der Waals surface area contributed by atoms with Gasteiger partial charge in [0, 0.05) is 32.1 Å². The van der Waals surface area contributed by atoms with E-state index in [4.69, 9.17) is 9.94 Å². The highest BCUT2D eigenvalue weighted by molar-refractivity contribution is 6.01. The van der Waals surface area contributed by atoms with Gasteiger partial charge in [0.25, 0.3) is 5.91 Å². The molecule has 29 heavy (non-hydrogen) atoms. The Morgan fingerprint density at radius 2 is 2.03 bits per heavy atom. The summed E-state index contributed by atoms with van der Waals surface area (Å²) in [4.78, 5) is 26.3. The minimum atomic E-state index is -0.622. The van der Waals surface area contributed by atoms with Crippen LogP contribution < -0.4 is 10.2 Å². The van der Waals surface area contributed by atoms with Crippen molar-refractivity contribution in [3.05, 3.63) is 71.3 Å². The van der Waals surface area contributed by atoms with Crippen molar-refractivity contribution < 1.29 is 19.5 Å². The van der Waals surface area contributed by atoms with Crippen LogP contribution in [0.2, 0.25) is 0 Å². The summed E-state index contributed by atoms with van der Waals surface area (Å²) in [5.41, 5.74) is 3.57. The molecule has 1 spiro atoms. The van der Waals surface area contributed by atoms with E-state index < -0.39 is 11.5 Å². The molecule has 1 fully saturated rings. The maximum atomic E-state index is 12.8. The molecule has 6 nitrogen and oxygen atoms in total. The van der Waals surface area contributed by atoms with Gasteiger partial charge in [-0.15, -0.1) is 12.4 Å². The van der Waals surface area contributed by atoms with Crippen molar-refractivity contribution in [1.82, 2.24) is 10.4 Å². The number of hydrogen-bond acceptors (Lipinski definition) is 5. The SMILES string of the molecule is Cl.O=C(/C=C/c1ccc2c(c1)C(=O)CC1(CCN(Cc3ccccc3)C1)O2)NO. The number of amides is 1. The molecule has 0 bridgehead atoms. The van der Waals surface area contributed by atoms with Crippen LogP contribution in [0.4, 0.5) is 0 Å². The summed E-state index contributed by atoms with van der Waals surface area (Å²) in [5, 5.41) is 8.55. The van der Waals surface area contributed by atoms with Gasteiger partial charge >= 0.3 is 0 Å². The van der Waals surface area contributed by atoms with Crippen molar-refractivity contribution in [2.45, 2.75) is 25.0 Å². The van der Waals surface area contributed by atoms with Gasteiger partial charge in [0.05, 0.1) is 12.0 Å². The highest BCUT2D eigenvalue weighted by atomic mass is 35.5. The maximum Gasteiger partial charge on any atom is 0.267 e. The Morgan fingerprint density at radius 1 is 1.24 bits per heavy atom. The number of carbonyl (C=O) groups is 2. The first-order chi connectivity index (χ1) is 13.6. The zero-order valence-corrected chi connectivity index (χ0v) is 16.7. The predicted octanol–water partition coefficient (Wildman–Crippen LogP) is 3.24. The summed E-state index contributed by atoms with van der Waals surface area (Å²) in [6.07, 6.45) is 3.93. The largest absolute Gasteiger partial charge is 0.485 e. The van der Waals surface area contributed by atoms with Crippen LogP contribution in [0.25, 0.3) is 6.08 Å². The van der Waals surface area contributed by atoms with Crippen molar-refractivity contribution in [1.29, 1.82) is 0 Å². The average Bonchev–Trinajstić information content (AvgIpc) is 3.08. The number of nitrogens with one attached hydrogen (secondary N) is 1. The molecule has 0 aromatic heterocycles. The molecule has 2 heterocycles. The Hall–Kier alpha value is -2.67. The number of hydroxylamine groups is 1. The van der Waals surface area contributed by atoms with E-state index in [0.717, 1.165) is 26.1 Å². The van der Waals surface area contributed by atoms with Crippen molar-refractivity contribution in [3.63, 3.8) is 0 Å². The first-order valence-electron chi connectivity index (χ1n) is 9.32. The smallest absolute Gasteiger partial charge is 0.267 e. The van der Waals surface area contributed by atoms with Gasteiger partial charge in [0.2, 0.25) is 0 Å². The Bertz CT molecular complexity index is 932. The molecule has 1 saturated heterocycles. The fourth-order valence-electron chi connectivity index (χ4n) is 3.96. The third kappa shape index (κ3) is 4.67. The number of likely N-dealkylation sites (tertiary alicyclic amines) is 1. The average molecular weight is 415 g/mol. The highest BCUT2D eigenvalue weighted by Gasteiger charge is 2.45. The van der Waals surface area contributed by atoms with Crippen LogP contribution in [-0.2, 0) is 11.3 Å². The van der Waals surface area contributed by atoms with E-state index in [1.54, 1.807) is 24.3 Å². The van der Waals surface area contributed by atoms with Crippen LogP contribution in [0.1, 0.15) is 34.3 Å². The summed E-state index contributed by atoms with van der Waals surface area (Å²) in [7, 11) is 0. The minimum Gasteiger partial charge on any atom is -0.485 e. The molecule has 2 aromatic carbocycles. The lowest BCUT2D eigenvalue weighted by atomic mass is 9.88. The van der Waals surface area contributed by atoms with Gasteiger partial charge in [0.1, 0.15) is 11.4 Å². The molecule has 0 aliphatic carbocycles. The number of benzene rings is 2. The third-order valence-electron chi connectivity index (χ3n) is 5.29. The molecule has 2 N–H and O–H groups in total. The topological polar surface area (TPSA) is 78.9 Å². The second-order valence-corrected chi connectivity index (χ2v) is 7.40. The molecule has 152 valence electrons. The Labute approximate surface area is 175 Å². The molecule has 1 unspecified atom stereocenters. The van der Waals surface area contributed by atoms with E-state index >= 15 is 0 Å². The normalized spacial score (nSPS) is 20.9. The van der Waals surface area contributed by atoms with E-state index in [1.807, 2.05) is 18.2 Å². The lowest BCUT2D eigenvalue weighted by molar-refractivity contribution is -0.124. The standard InChI is InChI=1S/C22H22N2O4.ClH/c25-19-13-22(10-11-24(15-22)14-17-4-2-1-3-5-17)28-20-8-6-16(12-18(19)20)7-9-21(26)23-27;/h1-9,12,27H,10-11,13-15H2,(H,23,26);1H/b9-7+;. The number of Topliss-reactive ketones (excluding diaryl/α,β-unsaturated/α-hetero) is 1. The summed E-state index contributed by atoms with van der Waals surface area (Å²) < 4.78 is 6.31. The van der Waals surface area contributed by atoms with Gasteiger partial charge < -0.3 is 4.74 Å². The maximum absolute atomic E-state index is 12.8. The van der Waals surface area contributed by atoms with Gasteiger partial charge in [-0.25, -0.2) is 5.48 Å². The quantitative estimate of drug-likeness (QED) is 0.456. The Balaban J connectivity index is 0.00000240. The summed E-state index contributed by atoms with van der Waals surface area (Å²) in [6, 6.07) is 15.6. The van der Waals surface area contributed by atoms with Crippen LogP contribution >= 0.6 is 12.4 Å². The number of hydrogen-bond donors (Lipinski definition) is 2. The van der Waals surface area contributed by atoms with Gasteiger partial charge in [-0.05, 0) is 29.3 Å². The number of ether oxygens (including phenoxy) is 1. The second-order valence-electron chi connectivity index (χ2n) is 7.40. The fourth-order valence-corrected chi connectivity index (χ4v) is 3.96. The minimum absolute atomic E-state index is 0. The highest BCUT2D eigenvalue weighted by Crippen LogP contribution is 2.39. The molecular formula is C22H23ClN2O4. The molecule has 1 atom stereocenters. The first-order valence-corrected chi connectivity index (χ1v) is 9.32. The van der Waals surface area contributed by atoms with Crippen molar-refractivity contribution >= 4 is 30.2 Å². The van der Waals surface area contributed by atoms with Crippen molar-refractivity contribution in [2.75, 3.05) is 13.1 Å². The van der Waals surface area contributed by atoms with Crippen LogP contribution in [-0.4, -0.2) is 40.5 Å². The molecule has 7 heteroatoms. The number of nitrogens with zero attached hydrogens (tertiary/aromatic N) is 1. The predicted molar refractivity (Wildman–Crippen MR) is 111 cm³/mol. The van der Waals surface area contributed by atoms with Crippen LogP contribution in [0.15, 0.2) is 54.6 Å². The summed E-state index contributed by atoms with van der Waals surface area (Å²) >= 11 is 0. The number of ketones is 1. The zero-order chi connectivity index (χ0) is 19.6. The van der Waals surface area contributed by atoms with Gasteiger partial charge in [-0.1, -0.05) is 36.4 Å². The molecular weight excluding hydrogens is 392 g/mol. The van der Waals surface area contributed by atoms with Crippen LogP contribution in [0.5, 0.6) is 5.75 Å². The van der Waals surface area contributed by atoms with Crippen molar-refractivity contribution in [2.24, 2.45) is 0 Å². The van der Waals surface area contributed by atoms with Crippen LogP contribution in [0.3, 0.4) is 0 Å². The fraction of sp³-hybridized carbons (Fsp3) is 0.273.